The molecule has 0 aliphatic heterocycles. The first-order valence-electron chi connectivity index (χ1n) is 2.11. The van der Waals surface area contributed by atoms with Crippen LogP contribution in [-0.4, -0.2) is 9.79 Å². The molecule has 0 aromatic heterocycles. The molecule has 0 saturated heterocycles. The van der Waals surface area contributed by atoms with E-state index in [-0.39, 0.29) is 118 Å². The van der Waals surface area contributed by atoms with E-state index in [2.05, 4.69) is 4.31 Å². The molecule has 10 nitrogen and oxygen atoms in total. The molecule has 0 saturated carbocycles. The summed E-state index contributed by atoms with van der Waals surface area (Å²) in [4.78, 5) is 51.6. The Hall–Kier alpha value is 4.41. The van der Waals surface area contributed by atoms with Gasteiger partial charge in [0, 0.05) is 0 Å². The molecule has 0 atom stereocenters. The summed E-state index contributed by atoms with van der Waals surface area (Å²) in [7, 11) is -14.5. The third-order valence-corrected chi connectivity index (χ3v) is 1.80. The van der Waals surface area contributed by atoms with Gasteiger partial charge in [0.05, 0.1) is 15.6 Å². The largest absolute Gasteiger partial charge is 1.00 e. The van der Waals surface area contributed by atoms with Gasteiger partial charge in [-0.2, -0.15) is 0 Å². The van der Waals surface area contributed by atoms with Crippen LogP contribution < -0.4 is 138 Å². The fourth-order valence-electron chi connectivity index (χ4n) is 0.122. The standard InChI is InChI=1S/4Na.H4O7P2.H3O3P/c;;;;1-8(2,3)7-9(4,5)6;1-4(2)3/h;;;;(H2,1,2,3)(H2,4,5,6);4H,(H2,1,2,3)/q4*+1;;/p-4. The van der Waals surface area contributed by atoms with Crippen LogP contribution in [0.2, 0.25) is 0 Å². The fraction of sp³-hybridized carbons (Fsp3) is 0. The summed E-state index contributed by atoms with van der Waals surface area (Å²) in [5.74, 6) is 0. The zero-order valence-electron chi connectivity index (χ0n) is 9.55. The van der Waals surface area contributed by atoms with Crippen molar-refractivity contribution in [3.8, 4) is 0 Å². The molecular formula is H3Na4O10P3. The van der Waals surface area contributed by atoms with Crippen molar-refractivity contribution in [2.24, 2.45) is 0 Å². The Morgan fingerprint density at radius 3 is 0.941 bits per heavy atom. The molecule has 0 radical (unpaired) electrons. The zero-order valence-corrected chi connectivity index (χ0v) is 20.3. The van der Waals surface area contributed by atoms with Gasteiger partial charge in [0.25, 0.3) is 0 Å². The summed E-state index contributed by atoms with van der Waals surface area (Å²) in [5, 5.41) is 0. The predicted molar refractivity (Wildman–Crippen MR) is 29.7 cm³/mol. The normalized spacial score (nSPS) is 9.35. The maximum absolute atomic E-state index is 9.32. The minimum Gasteiger partial charge on any atom is -0.790 e. The molecular weight excluding hydrogens is 345 g/mol. The van der Waals surface area contributed by atoms with Crippen molar-refractivity contribution >= 4 is 23.9 Å². The first kappa shape index (κ1) is 37.6. The number of hydrogen-bond donors (Lipinski definition) is 2. The Balaban J connectivity index is -0.0000000338. The van der Waals surface area contributed by atoms with Crippen LogP contribution in [0.1, 0.15) is 0 Å². The van der Waals surface area contributed by atoms with Crippen molar-refractivity contribution in [2.45, 2.75) is 0 Å². The minimum atomic E-state index is -5.68. The summed E-state index contributed by atoms with van der Waals surface area (Å²) in [6.45, 7) is 0. The van der Waals surface area contributed by atoms with E-state index >= 15 is 0 Å². The van der Waals surface area contributed by atoms with Crippen LogP contribution in [-0.2, 0) is 18.0 Å². The Kier molecular flexibility index (Phi) is 40.8. The van der Waals surface area contributed by atoms with Gasteiger partial charge >= 0.3 is 126 Å². The van der Waals surface area contributed by atoms with Gasteiger partial charge < -0.3 is 42.8 Å². The molecule has 17 heteroatoms. The van der Waals surface area contributed by atoms with Gasteiger partial charge in [-0.15, -0.1) is 0 Å². The Morgan fingerprint density at radius 1 is 0.824 bits per heavy atom. The van der Waals surface area contributed by atoms with Gasteiger partial charge in [0.1, 0.15) is 0 Å². The molecule has 0 unspecified atom stereocenters. The van der Waals surface area contributed by atoms with Crippen molar-refractivity contribution in [2.75, 3.05) is 0 Å². The molecule has 0 aromatic rings. The first-order valence-corrected chi connectivity index (χ1v) is 6.34. The van der Waals surface area contributed by atoms with Crippen LogP contribution >= 0.6 is 23.9 Å². The van der Waals surface area contributed by atoms with Crippen LogP contribution in [0, 0.1) is 0 Å². The van der Waals surface area contributed by atoms with E-state index in [4.69, 9.17) is 14.4 Å². The van der Waals surface area contributed by atoms with Crippen LogP contribution in [0.15, 0.2) is 0 Å². The van der Waals surface area contributed by atoms with Crippen LogP contribution in [0.3, 0.4) is 0 Å². The summed E-state index contributed by atoms with van der Waals surface area (Å²) in [6.07, 6.45) is 0. The second-order valence-electron chi connectivity index (χ2n) is 1.26. The predicted octanol–water partition coefficient (Wildman–Crippen LogP) is -16.0. The molecule has 0 bridgehead atoms. The fourth-order valence-corrected chi connectivity index (χ4v) is 1.10. The molecule has 0 aromatic carbocycles. The number of phosphoric acid groups is 2. The summed E-state index contributed by atoms with van der Waals surface area (Å²) < 4.78 is 29.9. The summed E-state index contributed by atoms with van der Waals surface area (Å²) >= 11 is 0. The molecule has 0 fully saturated rings. The van der Waals surface area contributed by atoms with Gasteiger partial charge in [-0.1, -0.05) is 0 Å². The zero-order chi connectivity index (χ0) is 11.3. The Morgan fingerprint density at radius 2 is 0.941 bits per heavy atom. The quantitative estimate of drug-likeness (QED) is 0.357. The van der Waals surface area contributed by atoms with Crippen molar-refractivity contribution in [3.05, 3.63) is 0 Å². The van der Waals surface area contributed by atoms with Gasteiger partial charge in [-0.25, -0.2) is 0 Å². The minimum absolute atomic E-state index is 0. The molecule has 0 aliphatic rings. The first-order chi connectivity index (χ1) is 5.44. The van der Waals surface area contributed by atoms with Gasteiger partial charge in [-0.3, -0.25) is 4.57 Å². The molecule has 82 valence electrons. The van der Waals surface area contributed by atoms with Gasteiger partial charge in [-0.05, 0) is 0 Å². The van der Waals surface area contributed by atoms with E-state index in [0.29, 0.717) is 0 Å². The van der Waals surface area contributed by atoms with E-state index in [1.165, 1.54) is 0 Å². The van der Waals surface area contributed by atoms with Gasteiger partial charge in [0.2, 0.25) is 0 Å². The van der Waals surface area contributed by atoms with E-state index < -0.39 is 23.9 Å². The van der Waals surface area contributed by atoms with Crippen LogP contribution in [0.4, 0.5) is 0 Å². The summed E-state index contributed by atoms with van der Waals surface area (Å²) in [6, 6.07) is 0. The number of rotatable bonds is 2. The van der Waals surface area contributed by atoms with E-state index in [1.807, 2.05) is 0 Å². The second-order valence-corrected chi connectivity index (χ2v) is 4.27. The molecule has 2 N–H and O–H groups in total. The molecule has 17 heavy (non-hydrogen) atoms. The monoisotopic (exact) mass is 348 g/mol. The average molecular weight is 348 g/mol. The van der Waals surface area contributed by atoms with Crippen molar-refractivity contribution in [1.82, 2.24) is 0 Å². The Labute approximate surface area is 186 Å². The SMILES string of the molecule is O=P([O-])([O-])OP(=O)([O-])[O-].O=[PH](O)O.[Na+].[Na+].[Na+].[Na+]. The topological polar surface area (TPSA) is 193 Å². The van der Waals surface area contributed by atoms with Crippen LogP contribution in [0.5, 0.6) is 0 Å². The smallest absolute Gasteiger partial charge is 0.790 e. The van der Waals surface area contributed by atoms with Crippen LogP contribution in [0.25, 0.3) is 0 Å². The maximum Gasteiger partial charge on any atom is 1.00 e. The van der Waals surface area contributed by atoms with Crippen molar-refractivity contribution in [1.29, 1.82) is 0 Å². The van der Waals surface area contributed by atoms with Crippen molar-refractivity contribution in [3.63, 3.8) is 0 Å². The van der Waals surface area contributed by atoms with Crippen molar-refractivity contribution < 1.29 is 166 Å². The molecule has 0 amide bonds. The molecule has 0 aliphatic carbocycles. The van der Waals surface area contributed by atoms with Gasteiger partial charge in [0.15, 0.2) is 0 Å². The second kappa shape index (κ2) is 18.5. The van der Waals surface area contributed by atoms with E-state index in [1.54, 1.807) is 0 Å². The van der Waals surface area contributed by atoms with E-state index in [0.717, 1.165) is 0 Å². The molecule has 0 spiro atoms. The molecule has 0 rings (SSSR count). The third-order valence-electron chi connectivity index (χ3n) is 0.200. The summed E-state index contributed by atoms with van der Waals surface area (Å²) in [5.41, 5.74) is 0. The Bertz CT molecular complexity index is 228. The van der Waals surface area contributed by atoms with E-state index in [9.17, 15) is 28.7 Å². The third kappa shape index (κ3) is 63.8. The average Bonchev–Trinajstić information content (AvgIpc) is 1.47. The number of hydrogen-bond acceptors (Lipinski definition) is 8. The maximum atomic E-state index is 9.32. The molecule has 0 heterocycles.